The fraction of sp³-hybridized carbons (Fsp3) is 0.172. The molecule has 36 heavy (non-hydrogen) atoms. The van der Waals surface area contributed by atoms with E-state index in [-0.39, 0.29) is 11.6 Å². The number of halogens is 1. The Morgan fingerprint density at radius 2 is 1.83 bits per heavy atom. The van der Waals surface area contributed by atoms with Crippen molar-refractivity contribution in [2.24, 2.45) is 4.99 Å². The first-order valence-corrected chi connectivity index (χ1v) is 13.6. The molecule has 5 nitrogen and oxygen atoms in total. The van der Waals surface area contributed by atoms with Crippen LogP contribution in [0.2, 0.25) is 0 Å². The summed E-state index contributed by atoms with van der Waals surface area (Å²) < 4.78 is 14.8. The first-order valence-electron chi connectivity index (χ1n) is 11.7. The zero-order chi connectivity index (χ0) is 24.8. The van der Waals surface area contributed by atoms with Gasteiger partial charge in [0.25, 0.3) is 5.56 Å². The van der Waals surface area contributed by atoms with Crippen molar-refractivity contribution in [1.29, 1.82) is 0 Å². The topological polar surface area (TPSA) is 52.8 Å². The highest BCUT2D eigenvalue weighted by molar-refractivity contribution is 14.1. The van der Waals surface area contributed by atoms with Gasteiger partial charge in [-0.05, 0) is 88.0 Å². The molecule has 180 valence electrons. The molecule has 1 atom stereocenters. The van der Waals surface area contributed by atoms with E-state index in [0.29, 0.717) is 20.8 Å². The van der Waals surface area contributed by atoms with Gasteiger partial charge in [0.2, 0.25) is 0 Å². The number of aromatic nitrogens is 1. The van der Waals surface area contributed by atoms with Crippen molar-refractivity contribution in [3.8, 4) is 11.5 Å². The van der Waals surface area contributed by atoms with Crippen LogP contribution in [0.1, 0.15) is 34.7 Å². The van der Waals surface area contributed by atoms with Crippen LogP contribution in [0, 0.1) is 3.57 Å². The number of aryl methyl sites for hydroxylation is 1. The number of rotatable bonds is 4. The predicted molar refractivity (Wildman–Crippen MR) is 151 cm³/mol. The molecule has 1 aliphatic heterocycles. The average Bonchev–Trinajstić information content (AvgIpc) is 3.21. The number of nitrogens with zero attached hydrogens (tertiary/aromatic N) is 2. The minimum absolute atomic E-state index is 0.0252. The lowest BCUT2D eigenvalue weighted by molar-refractivity contribution is 0.354. The highest BCUT2D eigenvalue weighted by Gasteiger charge is 2.33. The molecule has 0 bridgehead atoms. The van der Waals surface area contributed by atoms with E-state index in [4.69, 9.17) is 14.5 Å². The quantitative estimate of drug-likeness (QED) is 0.310. The van der Waals surface area contributed by atoms with Gasteiger partial charge in [0.05, 0.1) is 30.5 Å². The van der Waals surface area contributed by atoms with Gasteiger partial charge in [0.15, 0.2) is 16.3 Å². The summed E-state index contributed by atoms with van der Waals surface area (Å²) in [5.41, 5.74) is 6.56. The number of thiazole rings is 1. The van der Waals surface area contributed by atoms with E-state index in [9.17, 15) is 4.79 Å². The molecule has 3 aromatic carbocycles. The zero-order valence-electron chi connectivity index (χ0n) is 19.8. The molecule has 7 heteroatoms. The Hall–Kier alpha value is -3.17. The van der Waals surface area contributed by atoms with Crippen LogP contribution in [0.4, 0.5) is 0 Å². The summed E-state index contributed by atoms with van der Waals surface area (Å²) in [5, 5.41) is 0. The van der Waals surface area contributed by atoms with Gasteiger partial charge in [-0.15, -0.1) is 0 Å². The van der Waals surface area contributed by atoms with Gasteiger partial charge in [-0.25, -0.2) is 4.99 Å². The maximum Gasteiger partial charge on any atom is 0.271 e. The van der Waals surface area contributed by atoms with Crippen molar-refractivity contribution >= 4 is 45.7 Å². The fourth-order valence-electron chi connectivity index (χ4n) is 5.09. The number of fused-ring (bicyclic) bond motifs is 3. The summed E-state index contributed by atoms with van der Waals surface area (Å²) >= 11 is 3.74. The first-order chi connectivity index (χ1) is 17.6. The molecule has 0 spiro atoms. The highest BCUT2D eigenvalue weighted by atomic mass is 127. The Labute approximate surface area is 226 Å². The predicted octanol–water partition coefficient (Wildman–Crippen LogP) is 4.94. The second kappa shape index (κ2) is 9.37. The van der Waals surface area contributed by atoms with E-state index >= 15 is 0 Å². The minimum atomic E-state index is -0.262. The third-order valence-electron chi connectivity index (χ3n) is 6.74. The molecule has 0 fully saturated rings. The first kappa shape index (κ1) is 23.2. The molecule has 0 N–H and O–H groups in total. The number of methoxy groups -OCH3 is 2. The minimum Gasteiger partial charge on any atom is -0.493 e. The Morgan fingerprint density at radius 3 is 2.64 bits per heavy atom. The monoisotopic (exact) mass is 606 g/mol. The number of ether oxygens (including phenoxy) is 2. The fourth-order valence-corrected chi connectivity index (χ4v) is 6.66. The van der Waals surface area contributed by atoms with Crippen molar-refractivity contribution in [1.82, 2.24) is 4.57 Å². The summed E-state index contributed by atoms with van der Waals surface area (Å²) in [7, 11) is 3.26. The van der Waals surface area contributed by atoms with E-state index in [2.05, 4.69) is 52.9 Å². The summed E-state index contributed by atoms with van der Waals surface area (Å²) in [6, 6.07) is 22.3. The largest absolute Gasteiger partial charge is 0.493 e. The molecule has 0 unspecified atom stereocenters. The molecule has 6 rings (SSSR count). The van der Waals surface area contributed by atoms with Crippen LogP contribution >= 0.6 is 33.9 Å². The molecule has 2 heterocycles. The van der Waals surface area contributed by atoms with E-state index in [0.717, 1.165) is 44.4 Å². The van der Waals surface area contributed by atoms with Crippen LogP contribution in [0.5, 0.6) is 11.5 Å². The molecule has 0 radical (unpaired) electrons. The highest BCUT2D eigenvalue weighted by Crippen LogP contribution is 2.42. The smallest absolute Gasteiger partial charge is 0.271 e. The van der Waals surface area contributed by atoms with Gasteiger partial charge >= 0.3 is 0 Å². The van der Waals surface area contributed by atoms with Crippen molar-refractivity contribution in [3.05, 3.63) is 118 Å². The lowest BCUT2D eigenvalue weighted by Crippen LogP contribution is -2.38. The Kier molecular flexibility index (Phi) is 6.05. The third kappa shape index (κ3) is 3.90. The summed E-state index contributed by atoms with van der Waals surface area (Å²) in [6.07, 6.45) is 3.73. The summed E-state index contributed by atoms with van der Waals surface area (Å²) in [4.78, 5) is 19.7. The number of allylic oxidation sites excluding steroid dienone is 1. The van der Waals surface area contributed by atoms with Gasteiger partial charge in [-0.2, -0.15) is 0 Å². The average molecular weight is 606 g/mol. The van der Waals surface area contributed by atoms with Crippen LogP contribution in [0.25, 0.3) is 11.8 Å². The van der Waals surface area contributed by atoms with Crippen LogP contribution in [0.3, 0.4) is 0 Å². The van der Waals surface area contributed by atoms with Crippen LogP contribution in [0.15, 0.2) is 82.1 Å². The van der Waals surface area contributed by atoms with Crippen LogP contribution < -0.4 is 24.4 Å². The van der Waals surface area contributed by atoms with Gasteiger partial charge < -0.3 is 9.47 Å². The third-order valence-corrected chi connectivity index (χ3v) is 8.40. The Morgan fingerprint density at radius 1 is 1.00 bits per heavy atom. The van der Waals surface area contributed by atoms with Gasteiger partial charge in [-0.1, -0.05) is 53.8 Å². The summed E-state index contributed by atoms with van der Waals surface area (Å²) in [5.74, 6) is 1.31. The lowest BCUT2D eigenvalue weighted by Gasteiger charge is -2.31. The molecule has 0 saturated heterocycles. The van der Waals surface area contributed by atoms with Gasteiger partial charge in [0.1, 0.15) is 0 Å². The second-order valence-electron chi connectivity index (χ2n) is 8.78. The van der Waals surface area contributed by atoms with Crippen LogP contribution in [-0.2, 0) is 6.42 Å². The Balaban J connectivity index is 1.63. The standard InChI is InChI=1S/C29H23IN2O3S/c1-34-23-13-11-19(16-24(23)35-2)27-22-12-10-18-7-3-4-9-21(18)26(22)31-29-32(27)28(33)25(36-29)15-17-6-5-8-20(30)14-17/h3-9,11,13-16,27H,10,12H2,1-2H3/b25-15-/t27-/m0/s1. The molecule has 0 saturated carbocycles. The lowest BCUT2D eigenvalue weighted by atomic mass is 9.83. The van der Waals surface area contributed by atoms with E-state index < -0.39 is 0 Å². The number of benzene rings is 3. The maximum absolute atomic E-state index is 13.9. The molecule has 2 aliphatic rings. The zero-order valence-corrected chi connectivity index (χ0v) is 22.8. The molecule has 0 amide bonds. The van der Waals surface area contributed by atoms with Gasteiger partial charge in [0, 0.05) is 9.13 Å². The van der Waals surface area contributed by atoms with Crippen molar-refractivity contribution in [2.45, 2.75) is 18.9 Å². The van der Waals surface area contributed by atoms with Crippen molar-refractivity contribution < 1.29 is 9.47 Å². The second-order valence-corrected chi connectivity index (χ2v) is 11.0. The normalized spacial score (nSPS) is 16.6. The Bertz CT molecular complexity index is 1720. The molecular formula is C29H23IN2O3S. The molecule has 1 aromatic heterocycles. The van der Waals surface area contributed by atoms with Crippen LogP contribution in [-0.4, -0.2) is 18.8 Å². The molecular weight excluding hydrogens is 583 g/mol. The number of hydrogen-bond acceptors (Lipinski definition) is 5. The maximum atomic E-state index is 13.9. The van der Waals surface area contributed by atoms with Gasteiger partial charge in [-0.3, -0.25) is 9.36 Å². The van der Waals surface area contributed by atoms with Crippen molar-refractivity contribution in [2.75, 3.05) is 14.2 Å². The SMILES string of the molecule is COc1ccc([C@H]2C3=C(N=c4s/c(=C\c5cccc(I)c5)c(=O)n42)c2ccccc2CC3)cc1OC. The summed E-state index contributed by atoms with van der Waals surface area (Å²) in [6.45, 7) is 0. The van der Waals surface area contributed by atoms with E-state index in [1.165, 1.54) is 16.9 Å². The molecule has 1 aliphatic carbocycles. The van der Waals surface area contributed by atoms with E-state index in [1.807, 2.05) is 47.0 Å². The molecule has 4 aromatic rings. The number of hydrogen-bond donors (Lipinski definition) is 0. The van der Waals surface area contributed by atoms with E-state index in [1.54, 1.807) is 14.2 Å². The van der Waals surface area contributed by atoms with Crippen molar-refractivity contribution in [3.63, 3.8) is 0 Å².